The number of aromatic nitrogens is 3. The molecule has 0 radical (unpaired) electrons. The van der Waals surface area contributed by atoms with Gasteiger partial charge in [0.05, 0.1) is 0 Å². The van der Waals surface area contributed by atoms with Crippen molar-refractivity contribution >= 4 is 5.95 Å². The molecule has 1 atom stereocenters. The number of H-pyrrole nitrogens is 1. The van der Waals surface area contributed by atoms with E-state index in [1.807, 2.05) is 4.90 Å². The van der Waals surface area contributed by atoms with Gasteiger partial charge in [0.25, 0.3) is 0 Å². The van der Waals surface area contributed by atoms with Crippen LogP contribution >= 0.6 is 0 Å². The number of alkyl halides is 2. The summed E-state index contributed by atoms with van der Waals surface area (Å²) in [7, 11) is 0. The van der Waals surface area contributed by atoms with Gasteiger partial charge >= 0.3 is 6.61 Å². The minimum atomic E-state index is -2.85. The van der Waals surface area contributed by atoms with Crippen molar-refractivity contribution in [3.05, 3.63) is 24.3 Å². The molecule has 0 amide bonds. The quantitative estimate of drug-likeness (QED) is 0.895. The molecule has 1 fully saturated rings. The molecule has 0 saturated carbocycles. The van der Waals surface area contributed by atoms with Gasteiger partial charge in [-0.05, 0) is 18.6 Å². The van der Waals surface area contributed by atoms with Crippen LogP contribution in [0, 0.1) is 0 Å². The summed E-state index contributed by atoms with van der Waals surface area (Å²) in [4.78, 5) is 6.37. The molecule has 3 N–H and O–H groups in total. The van der Waals surface area contributed by atoms with Crippen LogP contribution in [0.25, 0.3) is 11.4 Å². The topological polar surface area (TPSA) is 80.1 Å². The Labute approximate surface area is 119 Å². The van der Waals surface area contributed by atoms with Gasteiger partial charge < -0.3 is 15.4 Å². The van der Waals surface area contributed by atoms with Gasteiger partial charge in [0.2, 0.25) is 5.95 Å². The Hall–Kier alpha value is -2.22. The predicted octanol–water partition coefficient (Wildman–Crippen LogP) is 1.61. The molecule has 2 aromatic rings. The van der Waals surface area contributed by atoms with Gasteiger partial charge in [0.15, 0.2) is 5.82 Å². The summed E-state index contributed by atoms with van der Waals surface area (Å²) in [5, 5.41) is 6.95. The first-order chi connectivity index (χ1) is 10.1. The van der Waals surface area contributed by atoms with Crippen LogP contribution in [0.3, 0.4) is 0 Å². The number of hydrogen-bond acceptors (Lipinski definition) is 5. The Bertz CT molecular complexity index is 618. The number of nitrogens with one attached hydrogen (secondary N) is 1. The summed E-state index contributed by atoms with van der Waals surface area (Å²) >= 11 is 0. The molecule has 1 saturated heterocycles. The molecule has 1 aliphatic rings. The van der Waals surface area contributed by atoms with Crippen LogP contribution in [-0.4, -0.2) is 40.9 Å². The maximum atomic E-state index is 12.2. The summed E-state index contributed by atoms with van der Waals surface area (Å²) in [6.45, 7) is -1.32. The number of hydrogen-bond donors (Lipinski definition) is 2. The molecule has 2 heterocycles. The van der Waals surface area contributed by atoms with Crippen molar-refractivity contribution in [2.24, 2.45) is 5.73 Å². The van der Waals surface area contributed by atoms with Crippen LogP contribution in [-0.2, 0) is 0 Å². The smallest absolute Gasteiger partial charge is 0.387 e. The van der Waals surface area contributed by atoms with E-state index in [2.05, 4.69) is 19.9 Å². The summed E-state index contributed by atoms with van der Waals surface area (Å²) in [5.74, 6) is 1.16. The number of ether oxygens (including phenoxy) is 1. The second-order valence-electron chi connectivity index (χ2n) is 4.89. The third kappa shape index (κ3) is 3.10. The first kappa shape index (κ1) is 13.7. The van der Waals surface area contributed by atoms with Gasteiger partial charge in [-0.15, -0.1) is 5.10 Å². The third-order valence-corrected chi connectivity index (χ3v) is 3.31. The van der Waals surface area contributed by atoms with Crippen molar-refractivity contribution in [2.75, 3.05) is 18.0 Å². The lowest BCUT2D eigenvalue weighted by Gasteiger charge is -2.11. The van der Waals surface area contributed by atoms with Crippen LogP contribution in [0.15, 0.2) is 24.3 Å². The second kappa shape index (κ2) is 5.65. The number of aromatic amines is 1. The normalized spacial score (nSPS) is 18.5. The zero-order valence-corrected chi connectivity index (χ0v) is 11.2. The standard InChI is InChI=1S/C13H15F2N5O/c14-12(15)21-10-3-1-2-8(6-10)11-17-13(19-18-11)20-5-4-9(16)7-20/h1-3,6,9,12H,4-5,7,16H2,(H,17,18,19). The van der Waals surface area contributed by atoms with Gasteiger partial charge in [-0.3, -0.25) is 5.10 Å². The monoisotopic (exact) mass is 295 g/mol. The number of rotatable bonds is 4. The second-order valence-corrected chi connectivity index (χ2v) is 4.89. The summed E-state index contributed by atoms with van der Waals surface area (Å²) in [6.07, 6.45) is 0.904. The highest BCUT2D eigenvalue weighted by molar-refractivity contribution is 5.58. The molecule has 0 spiro atoms. The van der Waals surface area contributed by atoms with Crippen molar-refractivity contribution in [2.45, 2.75) is 19.1 Å². The van der Waals surface area contributed by atoms with E-state index in [1.165, 1.54) is 12.1 Å². The Balaban J connectivity index is 1.79. The van der Waals surface area contributed by atoms with Crippen molar-refractivity contribution in [3.8, 4) is 17.1 Å². The third-order valence-electron chi connectivity index (χ3n) is 3.31. The highest BCUT2D eigenvalue weighted by Gasteiger charge is 2.22. The maximum Gasteiger partial charge on any atom is 0.387 e. The zero-order chi connectivity index (χ0) is 14.8. The van der Waals surface area contributed by atoms with Crippen molar-refractivity contribution in [1.29, 1.82) is 0 Å². The Morgan fingerprint density at radius 1 is 1.43 bits per heavy atom. The zero-order valence-electron chi connectivity index (χ0n) is 11.2. The minimum absolute atomic E-state index is 0.0867. The molecule has 1 aromatic carbocycles. The number of nitrogens with two attached hydrogens (primary N) is 1. The molecule has 3 rings (SSSR count). The lowest BCUT2D eigenvalue weighted by Crippen LogP contribution is -2.26. The van der Waals surface area contributed by atoms with E-state index in [4.69, 9.17) is 5.73 Å². The maximum absolute atomic E-state index is 12.2. The molecule has 0 bridgehead atoms. The average molecular weight is 295 g/mol. The van der Waals surface area contributed by atoms with Gasteiger partial charge in [0, 0.05) is 24.7 Å². The number of benzene rings is 1. The van der Waals surface area contributed by atoms with E-state index in [-0.39, 0.29) is 11.8 Å². The minimum Gasteiger partial charge on any atom is -0.435 e. The van der Waals surface area contributed by atoms with Crippen LogP contribution < -0.4 is 15.4 Å². The van der Waals surface area contributed by atoms with Crippen LogP contribution in [0.5, 0.6) is 5.75 Å². The van der Waals surface area contributed by atoms with E-state index in [9.17, 15) is 8.78 Å². The molecule has 8 heteroatoms. The highest BCUT2D eigenvalue weighted by Crippen LogP contribution is 2.24. The highest BCUT2D eigenvalue weighted by atomic mass is 19.3. The molecule has 6 nitrogen and oxygen atoms in total. The van der Waals surface area contributed by atoms with E-state index in [1.54, 1.807) is 12.1 Å². The van der Waals surface area contributed by atoms with Crippen molar-refractivity contribution < 1.29 is 13.5 Å². The predicted molar refractivity (Wildman–Crippen MR) is 73.3 cm³/mol. The average Bonchev–Trinajstić information content (AvgIpc) is 3.06. The van der Waals surface area contributed by atoms with Crippen LogP contribution in [0.2, 0.25) is 0 Å². The van der Waals surface area contributed by atoms with Gasteiger partial charge in [-0.25, -0.2) is 0 Å². The van der Waals surface area contributed by atoms with Gasteiger partial charge in [0.1, 0.15) is 5.75 Å². The molecular formula is C13H15F2N5O. The molecule has 21 heavy (non-hydrogen) atoms. The lowest BCUT2D eigenvalue weighted by atomic mass is 10.2. The van der Waals surface area contributed by atoms with Crippen molar-refractivity contribution in [3.63, 3.8) is 0 Å². The van der Waals surface area contributed by atoms with Gasteiger partial charge in [-0.2, -0.15) is 13.8 Å². The molecule has 1 aromatic heterocycles. The lowest BCUT2D eigenvalue weighted by molar-refractivity contribution is -0.0498. The molecular weight excluding hydrogens is 280 g/mol. The summed E-state index contributed by atoms with van der Waals surface area (Å²) in [6, 6.07) is 6.47. The van der Waals surface area contributed by atoms with Crippen LogP contribution in [0.4, 0.5) is 14.7 Å². The fourth-order valence-electron chi connectivity index (χ4n) is 2.31. The van der Waals surface area contributed by atoms with E-state index in [0.717, 1.165) is 13.0 Å². The number of anilines is 1. The first-order valence-electron chi connectivity index (χ1n) is 6.60. The Kier molecular flexibility index (Phi) is 3.70. The van der Waals surface area contributed by atoms with E-state index in [0.29, 0.717) is 23.9 Å². The Morgan fingerprint density at radius 3 is 3.00 bits per heavy atom. The summed E-state index contributed by atoms with van der Waals surface area (Å²) in [5.41, 5.74) is 6.49. The summed E-state index contributed by atoms with van der Waals surface area (Å²) < 4.78 is 28.8. The van der Waals surface area contributed by atoms with Crippen LogP contribution in [0.1, 0.15) is 6.42 Å². The fraction of sp³-hybridized carbons (Fsp3) is 0.385. The number of nitrogens with zero attached hydrogens (tertiary/aromatic N) is 3. The number of halogens is 2. The van der Waals surface area contributed by atoms with Crippen molar-refractivity contribution in [1.82, 2.24) is 15.2 Å². The first-order valence-corrected chi connectivity index (χ1v) is 6.60. The molecule has 0 aliphatic carbocycles. The van der Waals surface area contributed by atoms with E-state index < -0.39 is 6.61 Å². The molecule has 1 aliphatic heterocycles. The molecule has 1 unspecified atom stereocenters. The van der Waals surface area contributed by atoms with E-state index >= 15 is 0 Å². The fourth-order valence-corrected chi connectivity index (χ4v) is 2.31. The Morgan fingerprint density at radius 2 is 2.29 bits per heavy atom. The largest absolute Gasteiger partial charge is 0.435 e. The molecule has 112 valence electrons. The van der Waals surface area contributed by atoms with Gasteiger partial charge in [-0.1, -0.05) is 12.1 Å². The SMILES string of the molecule is NC1CCN(c2n[nH]c(-c3cccc(OC(F)F)c3)n2)C1.